The fourth-order valence-electron chi connectivity index (χ4n) is 3.27. The Morgan fingerprint density at radius 3 is 2.59 bits per heavy atom. The van der Waals surface area contributed by atoms with Crippen LogP contribution in [0.1, 0.15) is 34.0 Å². The zero-order chi connectivity index (χ0) is 26.9. The maximum atomic E-state index is 12.5. The SMILES string of the molecule is CCOc1cc(/C=N/NC(=O)c2cccc([N+](=O)[O-])c2)cc(I)c1OCC(=O)Nc1cccc(C)c1C. The summed E-state index contributed by atoms with van der Waals surface area (Å²) >= 11 is 2.07. The molecule has 0 radical (unpaired) electrons. The fraction of sp³-hybridized carbons (Fsp3) is 0.192. The zero-order valence-electron chi connectivity index (χ0n) is 20.4. The maximum Gasteiger partial charge on any atom is 0.271 e. The number of rotatable bonds is 10. The molecule has 3 aromatic rings. The number of anilines is 1. The molecule has 0 aliphatic carbocycles. The molecule has 192 valence electrons. The van der Waals surface area contributed by atoms with E-state index in [4.69, 9.17) is 9.47 Å². The minimum atomic E-state index is -0.588. The predicted octanol–water partition coefficient (Wildman–Crippen LogP) is 5.00. The third kappa shape index (κ3) is 7.49. The smallest absolute Gasteiger partial charge is 0.271 e. The van der Waals surface area contributed by atoms with Gasteiger partial charge in [-0.1, -0.05) is 18.2 Å². The van der Waals surface area contributed by atoms with Crippen molar-refractivity contribution >= 4 is 52.0 Å². The van der Waals surface area contributed by atoms with E-state index in [1.165, 1.54) is 30.5 Å². The number of carbonyl (C=O) groups excluding carboxylic acids is 2. The van der Waals surface area contributed by atoms with Crippen LogP contribution in [0, 0.1) is 27.5 Å². The third-order valence-corrected chi connectivity index (χ3v) is 6.06. The Hall–Kier alpha value is -4.00. The number of ether oxygens (including phenoxy) is 2. The number of nitro groups is 1. The number of benzene rings is 3. The van der Waals surface area contributed by atoms with E-state index in [-0.39, 0.29) is 23.8 Å². The largest absolute Gasteiger partial charge is 0.490 e. The van der Waals surface area contributed by atoms with Crippen molar-refractivity contribution in [3.8, 4) is 11.5 Å². The first-order chi connectivity index (χ1) is 17.7. The van der Waals surface area contributed by atoms with Crippen molar-refractivity contribution < 1.29 is 24.0 Å². The number of hydrazone groups is 1. The third-order valence-electron chi connectivity index (χ3n) is 5.26. The Morgan fingerprint density at radius 2 is 1.86 bits per heavy atom. The summed E-state index contributed by atoms with van der Waals surface area (Å²) in [6.07, 6.45) is 1.41. The van der Waals surface area contributed by atoms with Crippen LogP contribution in [0.3, 0.4) is 0 Å². The molecule has 0 bridgehead atoms. The van der Waals surface area contributed by atoms with Crippen molar-refractivity contribution in [1.29, 1.82) is 0 Å². The van der Waals surface area contributed by atoms with Gasteiger partial charge in [0.15, 0.2) is 18.1 Å². The van der Waals surface area contributed by atoms with Gasteiger partial charge < -0.3 is 14.8 Å². The number of carbonyl (C=O) groups is 2. The van der Waals surface area contributed by atoms with Crippen LogP contribution in [0.5, 0.6) is 11.5 Å². The molecular formula is C26H25IN4O6. The molecule has 0 heterocycles. The van der Waals surface area contributed by atoms with Crippen LogP contribution in [-0.2, 0) is 4.79 Å². The molecule has 0 unspecified atom stereocenters. The lowest BCUT2D eigenvalue weighted by Crippen LogP contribution is -2.21. The van der Waals surface area contributed by atoms with Gasteiger partial charge in [0, 0.05) is 23.4 Å². The summed E-state index contributed by atoms with van der Waals surface area (Å²) < 4.78 is 12.2. The Balaban J connectivity index is 1.68. The monoisotopic (exact) mass is 616 g/mol. The Labute approximate surface area is 227 Å². The zero-order valence-corrected chi connectivity index (χ0v) is 22.6. The number of hydrogen-bond acceptors (Lipinski definition) is 7. The van der Waals surface area contributed by atoms with E-state index < -0.39 is 10.8 Å². The van der Waals surface area contributed by atoms with E-state index >= 15 is 0 Å². The molecule has 0 spiro atoms. The molecule has 3 aromatic carbocycles. The van der Waals surface area contributed by atoms with Crippen molar-refractivity contribution in [3.63, 3.8) is 0 Å². The quantitative estimate of drug-likeness (QED) is 0.143. The Kier molecular flexibility index (Phi) is 9.55. The van der Waals surface area contributed by atoms with Crippen LogP contribution in [-0.4, -0.2) is 36.2 Å². The molecular weight excluding hydrogens is 591 g/mol. The van der Waals surface area contributed by atoms with E-state index in [2.05, 4.69) is 38.4 Å². The first-order valence-electron chi connectivity index (χ1n) is 11.2. The highest BCUT2D eigenvalue weighted by molar-refractivity contribution is 14.1. The lowest BCUT2D eigenvalue weighted by Gasteiger charge is -2.15. The number of amides is 2. The number of nitrogens with zero attached hydrogens (tertiary/aromatic N) is 2. The number of hydrogen-bond donors (Lipinski definition) is 2. The fourth-order valence-corrected chi connectivity index (χ4v) is 4.05. The lowest BCUT2D eigenvalue weighted by molar-refractivity contribution is -0.384. The molecule has 0 saturated carbocycles. The van der Waals surface area contributed by atoms with Crippen LogP contribution in [0.2, 0.25) is 0 Å². The van der Waals surface area contributed by atoms with Gasteiger partial charge in [-0.15, -0.1) is 0 Å². The second-order valence-electron chi connectivity index (χ2n) is 7.85. The van der Waals surface area contributed by atoms with E-state index in [9.17, 15) is 19.7 Å². The van der Waals surface area contributed by atoms with Crippen molar-refractivity contribution in [2.45, 2.75) is 20.8 Å². The van der Waals surface area contributed by atoms with Crippen LogP contribution in [0.25, 0.3) is 0 Å². The van der Waals surface area contributed by atoms with E-state index in [0.29, 0.717) is 27.2 Å². The predicted molar refractivity (Wildman–Crippen MR) is 149 cm³/mol. The highest BCUT2D eigenvalue weighted by Crippen LogP contribution is 2.34. The van der Waals surface area contributed by atoms with Crippen molar-refractivity contribution in [1.82, 2.24) is 5.43 Å². The number of nitro benzene ring substituents is 1. The number of halogens is 1. The molecule has 3 rings (SSSR count). The van der Waals surface area contributed by atoms with E-state index in [1.807, 2.05) is 39.0 Å². The number of aryl methyl sites for hydroxylation is 1. The van der Waals surface area contributed by atoms with Gasteiger partial charge in [0.25, 0.3) is 17.5 Å². The summed E-state index contributed by atoms with van der Waals surface area (Å²) in [7, 11) is 0. The van der Waals surface area contributed by atoms with Gasteiger partial charge in [-0.3, -0.25) is 19.7 Å². The molecule has 11 heteroatoms. The van der Waals surface area contributed by atoms with Gasteiger partial charge in [0.1, 0.15) is 0 Å². The Bertz CT molecular complexity index is 1360. The topological polar surface area (TPSA) is 132 Å². The van der Waals surface area contributed by atoms with Gasteiger partial charge in [-0.05, 0) is 84.3 Å². The molecule has 0 atom stereocenters. The van der Waals surface area contributed by atoms with Crippen molar-refractivity contribution in [2.75, 3.05) is 18.5 Å². The number of non-ortho nitro benzene ring substituents is 1. The Morgan fingerprint density at radius 1 is 1.11 bits per heavy atom. The molecule has 0 aliphatic heterocycles. The maximum absolute atomic E-state index is 12.5. The van der Waals surface area contributed by atoms with Gasteiger partial charge >= 0.3 is 0 Å². The first kappa shape index (κ1) is 27.6. The van der Waals surface area contributed by atoms with Crippen LogP contribution < -0.4 is 20.2 Å². The lowest BCUT2D eigenvalue weighted by atomic mass is 10.1. The van der Waals surface area contributed by atoms with Gasteiger partial charge in [-0.2, -0.15) is 5.10 Å². The van der Waals surface area contributed by atoms with E-state index in [1.54, 1.807) is 12.1 Å². The summed E-state index contributed by atoms with van der Waals surface area (Å²) in [5, 5.41) is 17.7. The van der Waals surface area contributed by atoms with Gasteiger partial charge in [0.2, 0.25) is 0 Å². The first-order valence-corrected chi connectivity index (χ1v) is 12.3. The summed E-state index contributed by atoms with van der Waals surface area (Å²) in [5.41, 5.74) is 5.67. The van der Waals surface area contributed by atoms with Crippen molar-refractivity contribution in [2.24, 2.45) is 5.10 Å². The summed E-state index contributed by atoms with van der Waals surface area (Å²) in [4.78, 5) is 35.1. The molecule has 0 aromatic heterocycles. The standard InChI is InChI=1S/C26H25IN4O6/c1-4-36-23-12-18(14-28-30-26(33)19-8-6-9-20(13-19)31(34)35)11-21(27)25(23)37-15-24(32)29-22-10-5-7-16(2)17(22)3/h5-14H,4,15H2,1-3H3,(H,29,32)(H,30,33)/b28-14+. The summed E-state index contributed by atoms with van der Waals surface area (Å²) in [6.45, 7) is 5.89. The minimum absolute atomic E-state index is 0.110. The highest BCUT2D eigenvalue weighted by atomic mass is 127. The number of nitrogens with one attached hydrogen (secondary N) is 2. The molecule has 0 aliphatic rings. The highest BCUT2D eigenvalue weighted by Gasteiger charge is 2.15. The molecule has 0 saturated heterocycles. The molecule has 2 N–H and O–H groups in total. The molecule has 10 nitrogen and oxygen atoms in total. The average molecular weight is 616 g/mol. The summed E-state index contributed by atoms with van der Waals surface area (Å²) in [6, 6.07) is 14.5. The second kappa shape index (κ2) is 12.8. The van der Waals surface area contributed by atoms with Gasteiger partial charge in [0.05, 0.1) is 21.3 Å². The van der Waals surface area contributed by atoms with Crippen LogP contribution in [0.4, 0.5) is 11.4 Å². The summed E-state index contributed by atoms with van der Waals surface area (Å²) in [5.74, 6) is -0.0623. The normalized spacial score (nSPS) is 10.7. The van der Waals surface area contributed by atoms with Crippen molar-refractivity contribution in [3.05, 3.63) is 90.5 Å². The van der Waals surface area contributed by atoms with Crippen LogP contribution >= 0.6 is 22.6 Å². The minimum Gasteiger partial charge on any atom is -0.490 e. The van der Waals surface area contributed by atoms with Gasteiger partial charge in [-0.25, -0.2) is 5.43 Å². The average Bonchev–Trinajstić information content (AvgIpc) is 2.86. The second-order valence-corrected chi connectivity index (χ2v) is 9.02. The molecule has 37 heavy (non-hydrogen) atoms. The molecule has 2 amide bonds. The molecule has 0 fully saturated rings. The van der Waals surface area contributed by atoms with Crippen LogP contribution in [0.15, 0.2) is 59.7 Å². The van der Waals surface area contributed by atoms with E-state index in [0.717, 1.165) is 16.8 Å².